The van der Waals surface area contributed by atoms with Crippen LogP contribution < -0.4 is 0 Å². The summed E-state index contributed by atoms with van der Waals surface area (Å²) in [5, 5.41) is 0. The van der Waals surface area contributed by atoms with E-state index in [0.29, 0.717) is 19.3 Å². The largest absolute Gasteiger partial charge is 0.462 e. The van der Waals surface area contributed by atoms with E-state index in [1.165, 1.54) is 103 Å². The number of unbranched alkanes of at least 4 members (excludes halogenated alkanes) is 17. The Kier molecular flexibility index (Phi) is 52.0. The van der Waals surface area contributed by atoms with Gasteiger partial charge in [-0.3, -0.25) is 14.4 Å². The summed E-state index contributed by atoms with van der Waals surface area (Å²) in [5.41, 5.74) is 0. The van der Waals surface area contributed by atoms with Crippen LogP contribution in [-0.4, -0.2) is 37.2 Å². The van der Waals surface area contributed by atoms with Gasteiger partial charge in [-0.1, -0.05) is 219 Å². The van der Waals surface area contributed by atoms with Crippen LogP contribution in [0.3, 0.4) is 0 Å². The first kappa shape index (κ1) is 63.8. The number of hydrogen-bond acceptors (Lipinski definition) is 6. The fourth-order valence-electron chi connectivity index (χ4n) is 7.07. The molecule has 0 aliphatic carbocycles. The van der Waals surface area contributed by atoms with Crippen molar-refractivity contribution in [3.8, 4) is 0 Å². The summed E-state index contributed by atoms with van der Waals surface area (Å²) in [6.07, 6.45) is 76.3. The summed E-state index contributed by atoms with van der Waals surface area (Å²) >= 11 is 0. The van der Waals surface area contributed by atoms with Crippen LogP contribution >= 0.6 is 0 Å². The first-order valence-corrected chi connectivity index (χ1v) is 27.5. The maximum Gasteiger partial charge on any atom is 0.306 e. The van der Waals surface area contributed by atoms with E-state index >= 15 is 0 Å². The molecular formula is C62H100O6. The molecule has 0 aliphatic rings. The maximum absolute atomic E-state index is 12.8. The first-order chi connectivity index (χ1) is 33.5. The lowest BCUT2D eigenvalue weighted by molar-refractivity contribution is -0.166. The fraction of sp³-hybridized carbons (Fsp3) is 0.629. The molecule has 0 saturated carbocycles. The molecule has 6 heteroatoms. The van der Waals surface area contributed by atoms with Gasteiger partial charge in [-0.2, -0.15) is 0 Å². The van der Waals surface area contributed by atoms with E-state index < -0.39 is 6.10 Å². The van der Waals surface area contributed by atoms with Crippen molar-refractivity contribution in [2.75, 3.05) is 13.2 Å². The molecule has 384 valence electrons. The van der Waals surface area contributed by atoms with Crippen molar-refractivity contribution in [3.05, 3.63) is 122 Å². The number of hydrogen-bond donors (Lipinski definition) is 0. The quantitative estimate of drug-likeness (QED) is 0.0262. The molecule has 0 radical (unpaired) electrons. The third kappa shape index (κ3) is 52.8. The van der Waals surface area contributed by atoms with Crippen molar-refractivity contribution >= 4 is 17.9 Å². The van der Waals surface area contributed by atoms with Crippen molar-refractivity contribution in [3.63, 3.8) is 0 Å². The average Bonchev–Trinajstić information content (AvgIpc) is 3.34. The normalized spacial score (nSPS) is 13.0. The van der Waals surface area contributed by atoms with E-state index in [1.54, 1.807) is 0 Å². The summed E-state index contributed by atoms with van der Waals surface area (Å²) in [6.45, 7) is 6.37. The van der Waals surface area contributed by atoms with Gasteiger partial charge in [0.1, 0.15) is 13.2 Å². The zero-order valence-electron chi connectivity index (χ0n) is 43.8. The summed E-state index contributed by atoms with van der Waals surface area (Å²) in [7, 11) is 0. The standard InChI is InChI=1S/C62H100O6/c1-4-7-10-13-16-19-22-25-28-31-34-37-40-43-46-49-52-55-61(64)67-58-59(57-66-60(63)54-51-48-45-42-39-36-33-30-27-24-21-18-15-12-9-6-3)68-62(65)56-53-50-47-44-41-38-35-32-29-26-23-20-17-14-11-8-5-2/h9,12,16,18-19,21,25-30,34,36-37,39,43,45-46,48,59H,4-8,10-11,13-15,17,20,22-24,31-33,35,38,40-42,44,47,49-58H2,1-3H3/b12-9-,19-16-,21-18-,28-25-,29-26-,30-27-,37-34-,39-36-,46-43-,48-45-. The summed E-state index contributed by atoms with van der Waals surface area (Å²) in [4.78, 5) is 38.0. The number of esters is 3. The second kappa shape index (κ2) is 55.4. The Morgan fingerprint density at radius 1 is 0.309 bits per heavy atom. The molecule has 6 nitrogen and oxygen atoms in total. The minimum atomic E-state index is -0.836. The second-order valence-corrected chi connectivity index (χ2v) is 17.7. The van der Waals surface area contributed by atoms with Crippen molar-refractivity contribution in [2.45, 2.75) is 239 Å². The molecule has 0 rings (SSSR count). The summed E-state index contributed by atoms with van der Waals surface area (Å²) in [5.74, 6) is -1.08. The summed E-state index contributed by atoms with van der Waals surface area (Å²) in [6, 6.07) is 0. The topological polar surface area (TPSA) is 78.9 Å². The number of carbonyl (C=O) groups excluding carboxylic acids is 3. The van der Waals surface area contributed by atoms with Gasteiger partial charge in [0.15, 0.2) is 6.10 Å². The molecule has 0 bridgehead atoms. The van der Waals surface area contributed by atoms with Gasteiger partial charge in [0.25, 0.3) is 0 Å². The lowest BCUT2D eigenvalue weighted by atomic mass is 10.1. The van der Waals surface area contributed by atoms with Crippen LogP contribution in [0.5, 0.6) is 0 Å². The first-order valence-electron chi connectivity index (χ1n) is 27.5. The number of ether oxygens (including phenoxy) is 3. The highest BCUT2D eigenvalue weighted by molar-refractivity contribution is 5.71. The Morgan fingerprint density at radius 2 is 0.618 bits per heavy atom. The van der Waals surface area contributed by atoms with E-state index in [1.807, 2.05) is 12.2 Å². The van der Waals surface area contributed by atoms with Gasteiger partial charge in [-0.25, -0.2) is 0 Å². The number of allylic oxidation sites excluding steroid dienone is 20. The number of carbonyl (C=O) groups is 3. The van der Waals surface area contributed by atoms with Crippen molar-refractivity contribution in [1.82, 2.24) is 0 Å². The van der Waals surface area contributed by atoms with E-state index in [4.69, 9.17) is 14.2 Å². The SMILES string of the molecule is CC/C=C\C/C=C\C/C=C\C/C=C\C/C=C\CCC(=O)OCC(COC(=O)CCC/C=C\C/C=C\C/C=C\C/C=C\CCCCC)OC(=O)CCCCCCCCC/C=C\CCCCCCCC. The molecule has 68 heavy (non-hydrogen) atoms. The molecule has 0 aromatic rings. The predicted octanol–water partition coefficient (Wildman–Crippen LogP) is 18.5. The Labute approximate surface area is 418 Å². The van der Waals surface area contributed by atoms with Gasteiger partial charge >= 0.3 is 17.9 Å². The van der Waals surface area contributed by atoms with Gasteiger partial charge in [0, 0.05) is 19.3 Å². The van der Waals surface area contributed by atoms with E-state index in [-0.39, 0.29) is 44.0 Å². The molecule has 0 spiro atoms. The smallest absolute Gasteiger partial charge is 0.306 e. The second-order valence-electron chi connectivity index (χ2n) is 17.7. The van der Waals surface area contributed by atoms with Crippen molar-refractivity contribution in [2.24, 2.45) is 0 Å². The van der Waals surface area contributed by atoms with Gasteiger partial charge in [0.05, 0.1) is 0 Å². The molecule has 0 N–H and O–H groups in total. The molecule has 1 atom stereocenters. The highest BCUT2D eigenvalue weighted by Crippen LogP contribution is 2.13. The highest BCUT2D eigenvalue weighted by Gasteiger charge is 2.19. The van der Waals surface area contributed by atoms with Gasteiger partial charge in [-0.15, -0.1) is 0 Å². The zero-order chi connectivity index (χ0) is 49.3. The van der Waals surface area contributed by atoms with E-state index in [0.717, 1.165) is 77.0 Å². The van der Waals surface area contributed by atoms with Crippen LogP contribution in [0.2, 0.25) is 0 Å². The molecule has 1 unspecified atom stereocenters. The minimum absolute atomic E-state index is 0.134. The predicted molar refractivity (Wildman–Crippen MR) is 293 cm³/mol. The van der Waals surface area contributed by atoms with Crippen LogP contribution in [0.1, 0.15) is 233 Å². The van der Waals surface area contributed by atoms with Crippen LogP contribution in [0.25, 0.3) is 0 Å². The molecule has 0 aliphatic heterocycles. The lowest BCUT2D eigenvalue weighted by Gasteiger charge is -2.18. The Hall–Kier alpha value is -4.19. The van der Waals surface area contributed by atoms with Crippen LogP contribution in [0.15, 0.2) is 122 Å². The zero-order valence-corrected chi connectivity index (χ0v) is 43.8. The highest BCUT2D eigenvalue weighted by atomic mass is 16.6. The van der Waals surface area contributed by atoms with E-state index in [2.05, 4.69) is 130 Å². The Morgan fingerprint density at radius 3 is 1.07 bits per heavy atom. The Bertz CT molecular complexity index is 1450. The van der Waals surface area contributed by atoms with Gasteiger partial charge < -0.3 is 14.2 Å². The van der Waals surface area contributed by atoms with Crippen LogP contribution in [0.4, 0.5) is 0 Å². The monoisotopic (exact) mass is 941 g/mol. The average molecular weight is 941 g/mol. The van der Waals surface area contributed by atoms with Crippen LogP contribution in [-0.2, 0) is 28.6 Å². The molecule has 0 aromatic heterocycles. The maximum atomic E-state index is 12.8. The summed E-state index contributed by atoms with van der Waals surface area (Å²) < 4.78 is 16.7. The molecule has 0 amide bonds. The van der Waals surface area contributed by atoms with Crippen LogP contribution in [0, 0.1) is 0 Å². The molecule has 0 heterocycles. The third-order valence-corrected chi connectivity index (χ3v) is 11.2. The van der Waals surface area contributed by atoms with Gasteiger partial charge in [0.2, 0.25) is 0 Å². The van der Waals surface area contributed by atoms with Crippen molar-refractivity contribution < 1.29 is 28.6 Å². The molecule has 0 saturated heterocycles. The van der Waals surface area contributed by atoms with Crippen molar-refractivity contribution in [1.29, 1.82) is 0 Å². The molecule has 0 fully saturated rings. The third-order valence-electron chi connectivity index (χ3n) is 11.2. The molecular weight excluding hydrogens is 841 g/mol. The lowest BCUT2D eigenvalue weighted by Crippen LogP contribution is -2.30. The van der Waals surface area contributed by atoms with Gasteiger partial charge in [-0.05, 0) is 116 Å². The van der Waals surface area contributed by atoms with E-state index in [9.17, 15) is 14.4 Å². The Balaban J connectivity index is 4.59. The molecule has 0 aromatic carbocycles. The number of rotatable bonds is 48. The fourth-order valence-corrected chi connectivity index (χ4v) is 7.07. The minimum Gasteiger partial charge on any atom is -0.462 e.